The normalized spacial score (nSPS) is 11.3. The molecule has 0 aliphatic heterocycles. The lowest BCUT2D eigenvalue weighted by Gasteiger charge is -2.13. The molecule has 6 nitrogen and oxygen atoms in total. The quantitative estimate of drug-likeness (QED) is 0.480. The number of nitrogens with one attached hydrogen (secondary N) is 2. The molecule has 2 N–H and O–H groups in total. The van der Waals surface area contributed by atoms with Crippen LogP contribution in [0.3, 0.4) is 0 Å². The second kappa shape index (κ2) is 7.15. The number of H-pyrrole nitrogens is 2. The van der Waals surface area contributed by atoms with E-state index in [1.807, 2.05) is 44.6 Å². The fourth-order valence-electron chi connectivity index (χ4n) is 3.82. The number of aromatic nitrogens is 4. The van der Waals surface area contributed by atoms with Crippen LogP contribution in [0.15, 0.2) is 71.8 Å². The van der Waals surface area contributed by atoms with Crippen molar-refractivity contribution in [2.24, 2.45) is 0 Å². The van der Waals surface area contributed by atoms with E-state index in [4.69, 9.17) is 0 Å². The molecule has 0 saturated heterocycles. The van der Waals surface area contributed by atoms with Crippen LogP contribution >= 0.6 is 0 Å². The molecular formula is C24H21N5O. The topological polar surface area (TPSA) is 77.7 Å². The molecule has 0 aliphatic carbocycles. The minimum atomic E-state index is -0.177. The van der Waals surface area contributed by atoms with Gasteiger partial charge in [0.05, 0.1) is 11.1 Å². The predicted molar refractivity (Wildman–Crippen MR) is 121 cm³/mol. The molecule has 6 heteroatoms. The highest BCUT2D eigenvalue weighted by atomic mass is 16.1. The first kappa shape index (κ1) is 18.1. The lowest BCUT2D eigenvalue weighted by molar-refractivity contribution is 0.934. The minimum absolute atomic E-state index is 0.177. The summed E-state index contributed by atoms with van der Waals surface area (Å²) in [6.45, 7) is 0. The lowest BCUT2D eigenvalue weighted by atomic mass is 9.99. The first-order valence-corrected chi connectivity index (χ1v) is 9.80. The van der Waals surface area contributed by atoms with Crippen LogP contribution in [-0.4, -0.2) is 34.3 Å². The smallest absolute Gasteiger partial charge is 0.272 e. The molecule has 0 fully saturated rings. The largest absolute Gasteiger partial charge is 0.378 e. The molecule has 148 valence electrons. The zero-order chi connectivity index (χ0) is 20.7. The summed E-state index contributed by atoms with van der Waals surface area (Å²) in [5, 5.41) is 9.59. The molecule has 2 aromatic carbocycles. The Morgan fingerprint density at radius 1 is 0.967 bits per heavy atom. The lowest BCUT2D eigenvalue weighted by Crippen LogP contribution is -2.11. The Labute approximate surface area is 173 Å². The second-order valence-corrected chi connectivity index (χ2v) is 7.60. The van der Waals surface area contributed by atoms with Crippen LogP contribution in [0.2, 0.25) is 0 Å². The highest BCUT2D eigenvalue weighted by Crippen LogP contribution is 2.30. The zero-order valence-electron chi connectivity index (χ0n) is 16.8. The summed E-state index contributed by atoms with van der Waals surface area (Å²) in [4.78, 5) is 22.0. The number of fused-ring (bicyclic) bond motifs is 2. The van der Waals surface area contributed by atoms with Gasteiger partial charge in [-0.2, -0.15) is 5.10 Å². The summed E-state index contributed by atoms with van der Waals surface area (Å²) in [5.74, 6) is 0. The van der Waals surface area contributed by atoms with Crippen molar-refractivity contribution in [1.29, 1.82) is 0 Å². The van der Waals surface area contributed by atoms with Gasteiger partial charge in [0.25, 0.3) is 5.56 Å². The molecule has 0 unspecified atom stereocenters. The maximum absolute atomic E-state index is 12.4. The van der Waals surface area contributed by atoms with Gasteiger partial charge in [-0.05, 0) is 47.5 Å². The van der Waals surface area contributed by atoms with Gasteiger partial charge in [-0.25, -0.2) is 10.1 Å². The van der Waals surface area contributed by atoms with Gasteiger partial charge in [0.2, 0.25) is 0 Å². The van der Waals surface area contributed by atoms with E-state index >= 15 is 0 Å². The Balaban J connectivity index is 1.61. The van der Waals surface area contributed by atoms with E-state index in [0.29, 0.717) is 11.8 Å². The Kier molecular flexibility index (Phi) is 4.32. The molecular weight excluding hydrogens is 374 g/mol. The number of hydrogen-bond acceptors (Lipinski definition) is 4. The van der Waals surface area contributed by atoms with Gasteiger partial charge in [-0.3, -0.25) is 4.79 Å². The molecule has 5 rings (SSSR count). The molecule has 3 aromatic heterocycles. The Bertz CT molecular complexity index is 1410. The SMILES string of the molecule is CN(C)c1ccc(Cc2n[nH]c(=O)c3ccc(-c4c[nH]c5ncccc45)cc23)cc1. The molecule has 0 aliphatic rings. The average molecular weight is 395 g/mol. The van der Waals surface area contributed by atoms with E-state index in [-0.39, 0.29) is 5.56 Å². The van der Waals surface area contributed by atoms with Crippen molar-refractivity contribution in [3.63, 3.8) is 0 Å². The zero-order valence-corrected chi connectivity index (χ0v) is 16.8. The van der Waals surface area contributed by atoms with E-state index in [1.165, 1.54) is 0 Å². The third kappa shape index (κ3) is 3.12. The van der Waals surface area contributed by atoms with Gasteiger partial charge in [-0.15, -0.1) is 0 Å². The number of aromatic amines is 2. The highest BCUT2D eigenvalue weighted by molar-refractivity contribution is 5.97. The molecule has 0 atom stereocenters. The van der Waals surface area contributed by atoms with Crippen molar-refractivity contribution in [2.75, 3.05) is 19.0 Å². The molecule has 0 spiro atoms. The van der Waals surface area contributed by atoms with Gasteiger partial charge in [0.1, 0.15) is 5.65 Å². The number of nitrogens with zero attached hydrogens (tertiary/aromatic N) is 3. The van der Waals surface area contributed by atoms with Gasteiger partial charge in [0, 0.05) is 54.9 Å². The van der Waals surface area contributed by atoms with Gasteiger partial charge in [0.15, 0.2) is 0 Å². The standard InChI is InChI=1S/C24H21N5O/c1-29(2)17-8-5-15(6-9-17)12-22-20-13-16(7-10-19(20)24(30)28-27-22)21-14-26-23-18(21)4-3-11-25-23/h3-11,13-14H,12H2,1-2H3,(H,25,26)(H,28,30). The number of hydrogen-bond donors (Lipinski definition) is 2. The second-order valence-electron chi connectivity index (χ2n) is 7.60. The monoisotopic (exact) mass is 395 g/mol. The van der Waals surface area contributed by atoms with Gasteiger partial charge < -0.3 is 9.88 Å². The molecule has 0 amide bonds. The maximum atomic E-state index is 12.4. The number of benzene rings is 2. The fourth-order valence-corrected chi connectivity index (χ4v) is 3.82. The summed E-state index contributed by atoms with van der Waals surface area (Å²) in [6, 6.07) is 18.3. The van der Waals surface area contributed by atoms with Crippen LogP contribution in [0.25, 0.3) is 32.9 Å². The van der Waals surface area contributed by atoms with Crippen LogP contribution in [0.1, 0.15) is 11.3 Å². The predicted octanol–water partition coefficient (Wildman–Crippen LogP) is 4.12. The number of pyridine rings is 1. The Morgan fingerprint density at radius 3 is 2.60 bits per heavy atom. The van der Waals surface area contributed by atoms with Gasteiger partial charge in [-0.1, -0.05) is 18.2 Å². The molecule has 3 heterocycles. The summed E-state index contributed by atoms with van der Waals surface area (Å²) in [5.41, 5.74) is 5.89. The van der Waals surface area contributed by atoms with Crippen molar-refractivity contribution in [3.05, 3.63) is 88.6 Å². The average Bonchev–Trinajstić information content (AvgIpc) is 3.20. The maximum Gasteiger partial charge on any atom is 0.272 e. The third-order valence-corrected chi connectivity index (χ3v) is 5.45. The van der Waals surface area contributed by atoms with E-state index in [9.17, 15) is 4.79 Å². The number of rotatable bonds is 4. The third-order valence-electron chi connectivity index (χ3n) is 5.45. The highest BCUT2D eigenvalue weighted by Gasteiger charge is 2.12. The first-order valence-electron chi connectivity index (χ1n) is 9.80. The molecule has 0 bridgehead atoms. The van der Waals surface area contributed by atoms with Crippen LogP contribution in [-0.2, 0) is 6.42 Å². The van der Waals surface area contributed by atoms with Crippen molar-refractivity contribution in [1.82, 2.24) is 20.2 Å². The van der Waals surface area contributed by atoms with E-state index in [2.05, 4.69) is 55.4 Å². The summed E-state index contributed by atoms with van der Waals surface area (Å²) < 4.78 is 0. The Morgan fingerprint density at radius 2 is 1.80 bits per heavy atom. The minimum Gasteiger partial charge on any atom is -0.378 e. The first-order chi connectivity index (χ1) is 14.6. The summed E-state index contributed by atoms with van der Waals surface area (Å²) >= 11 is 0. The molecule has 5 aromatic rings. The summed E-state index contributed by atoms with van der Waals surface area (Å²) in [7, 11) is 4.04. The van der Waals surface area contributed by atoms with Crippen molar-refractivity contribution in [2.45, 2.75) is 6.42 Å². The van der Waals surface area contributed by atoms with Crippen LogP contribution in [0, 0.1) is 0 Å². The number of anilines is 1. The van der Waals surface area contributed by atoms with Crippen LogP contribution in [0.4, 0.5) is 5.69 Å². The van der Waals surface area contributed by atoms with Crippen LogP contribution in [0.5, 0.6) is 0 Å². The van der Waals surface area contributed by atoms with E-state index in [0.717, 1.165) is 44.5 Å². The van der Waals surface area contributed by atoms with E-state index in [1.54, 1.807) is 6.20 Å². The summed E-state index contributed by atoms with van der Waals surface area (Å²) in [6.07, 6.45) is 4.37. The van der Waals surface area contributed by atoms with Crippen molar-refractivity contribution >= 4 is 27.5 Å². The van der Waals surface area contributed by atoms with Crippen molar-refractivity contribution in [3.8, 4) is 11.1 Å². The van der Waals surface area contributed by atoms with Crippen LogP contribution < -0.4 is 10.5 Å². The van der Waals surface area contributed by atoms with Gasteiger partial charge >= 0.3 is 0 Å². The molecule has 0 radical (unpaired) electrons. The van der Waals surface area contributed by atoms with Crippen molar-refractivity contribution < 1.29 is 0 Å². The molecule has 0 saturated carbocycles. The fraction of sp³-hybridized carbons (Fsp3) is 0.125. The molecule has 30 heavy (non-hydrogen) atoms. The van der Waals surface area contributed by atoms with E-state index < -0.39 is 0 Å². The Hall–Kier alpha value is -3.93.